The van der Waals surface area contributed by atoms with E-state index in [0.717, 1.165) is 11.3 Å². The van der Waals surface area contributed by atoms with Crippen LogP contribution in [0.25, 0.3) is 10.2 Å². The average molecular weight is 308 g/mol. The SMILES string of the molecule is CCOC(=O)c1cc2c(N)c(C(=O)OCC)sc2nc1C. The standard InChI is InChI=1S/C14H16N2O4S/c1-4-19-13(17)8-6-9-10(15)11(14(18)20-5-2)21-12(9)16-7(8)3/h6H,4-5,15H2,1-3H3. The largest absolute Gasteiger partial charge is 0.462 e. The van der Waals surface area contributed by atoms with Crippen LogP contribution < -0.4 is 5.73 Å². The average Bonchev–Trinajstić information content (AvgIpc) is 2.75. The van der Waals surface area contributed by atoms with Crippen LogP contribution in [0.3, 0.4) is 0 Å². The van der Waals surface area contributed by atoms with Crippen molar-refractivity contribution in [3.05, 3.63) is 22.2 Å². The molecule has 2 aromatic heterocycles. The molecular weight excluding hydrogens is 292 g/mol. The number of hydrogen-bond acceptors (Lipinski definition) is 7. The third kappa shape index (κ3) is 2.82. The lowest BCUT2D eigenvalue weighted by Crippen LogP contribution is -2.08. The van der Waals surface area contributed by atoms with E-state index >= 15 is 0 Å². The van der Waals surface area contributed by atoms with Crippen LogP contribution in [0, 0.1) is 6.92 Å². The van der Waals surface area contributed by atoms with E-state index in [1.165, 1.54) is 0 Å². The zero-order valence-corrected chi connectivity index (χ0v) is 12.9. The van der Waals surface area contributed by atoms with Gasteiger partial charge in [-0.3, -0.25) is 0 Å². The number of aryl methyl sites for hydroxylation is 1. The maximum atomic E-state index is 11.9. The van der Waals surface area contributed by atoms with E-state index in [1.54, 1.807) is 26.8 Å². The summed E-state index contributed by atoms with van der Waals surface area (Å²) in [5, 5.41) is 0.566. The van der Waals surface area contributed by atoms with Crippen molar-refractivity contribution in [1.29, 1.82) is 0 Å². The molecule has 0 atom stereocenters. The topological polar surface area (TPSA) is 91.5 Å². The first-order valence-electron chi connectivity index (χ1n) is 6.53. The number of nitrogens with zero attached hydrogens (tertiary/aromatic N) is 1. The Balaban J connectivity index is 2.54. The van der Waals surface area contributed by atoms with E-state index in [9.17, 15) is 9.59 Å². The molecule has 0 unspecified atom stereocenters. The quantitative estimate of drug-likeness (QED) is 0.873. The second-order valence-corrected chi connectivity index (χ2v) is 5.26. The maximum absolute atomic E-state index is 11.9. The number of esters is 2. The Morgan fingerprint density at radius 3 is 2.48 bits per heavy atom. The molecule has 0 saturated carbocycles. The van der Waals surface area contributed by atoms with Gasteiger partial charge in [0.2, 0.25) is 0 Å². The van der Waals surface area contributed by atoms with Crippen molar-refractivity contribution in [2.75, 3.05) is 18.9 Å². The Kier molecular flexibility index (Phi) is 4.42. The molecule has 0 aliphatic heterocycles. The maximum Gasteiger partial charge on any atom is 0.350 e. The van der Waals surface area contributed by atoms with E-state index in [-0.39, 0.29) is 18.9 Å². The first-order chi connectivity index (χ1) is 9.99. The number of nitrogen functional groups attached to an aromatic ring is 1. The Morgan fingerprint density at radius 1 is 1.24 bits per heavy atom. The van der Waals surface area contributed by atoms with Crippen LogP contribution in [-0.2, 0) is 9.47 Å². The minimum Gasteiger partial charge on any atom is -0.462 e. The Bertz CT molecular complexity index is 709. The van der Waals surface area contributed by atoms with Gasteiger partial charge >= 0.3 is 11.9 Å². The molecule has 2 N–H and O–H groups in total. The predicted molar refractivity (Wildman–Crippen MR) is 80.7 cm³/mol. The highest BCUT2D eigenvalue weighted by molar-refractivity contribution is 7.21. The molecule has 2 heterocycles. The van der Waals surface area contributed by atoms with Gasteiger partial charge in [-0.15, -0.1) is 11.3 Å². The van der Waals surface area contributed by atoms with Crippen molar-refractivity contribution in [3.8, 4) is 0 Å². The first-order valence-corrected chi connectivity index (χ1v) is 7.35. The molecule has 2 aromatic rings. The highest BCUT2D eigenvalue weighted by Crippen LogP contribution is 2.34. The normalized spacial score (nSPS) is 10.6. The summed E-state index contributed by atoms with van der Waals surface area (Å²) in [5.41, 5.74) is 7.16. The second-order valence-electron chi connectivity index (χ2n) is 4.26. The van der Waals surface area contributed by atoms with E-state index in [0.29, 0.717) is 26.4 Å². The van der Waals surface area contributed by atoms with Crippen molar-refractivity contribution in [3.63, 3.8) is 0 Å². The number of aromatic nitrogens is 1. The van der Waals surface area contributed by atoms with Crippen molar-refractivity contribution in [2.45, 2.75) is 20.8 Å². The fourth-order valence-electron chi connectivity index (χ4n) is 1.89. The number of carbonyl (C=O) groups excluding carboxylic acids is 2. The minimum absolute atomic E-state index is 0.271. The number of ether oxygens (including phenoxy) is 2. The lowest BCUT2D eigenvalue weighted by atomic mass is 10.1. The number of thiophene rings is 1. The van der Waals surface area contributed by atoms with Gasteiger partial charge in [-0.05, 0) is 26.8 Å². The zero-order chi connectivity index (χ0) is 15.6. The molecule has 0 amide bonds. The van der Waals surface area contributed by atoms with Crippen LogP contribution in [-0.4, -0.2) is 30.1 Å². The van der Waals surface area contributed by atoms with Crippen molar-refractivity contribution >= 4 is 39.2 Å². The van der Waals surface area contributed by atoms with Gasteiger partial charge in [-0.25, -0.2) is 14.6 Å². The van der Waals surface area contributed by atoms with Crippen molar-refractivity contribution < 1.29 is 19.1 Å². The molecule has 0 aromatic carbocycles. The van der Waals surface area contributed by atoms with E-state index in [1.807, 2.05) is 0 Å². The monoisotopic (exact) mass is 308 g/mol. The first kappa shape index (κ1) is 15.2. The van der Waals surface area contributed by atoms with Gasteiger partial charge in [0.25, 0.3) is 0 Å². The fraction of sp³-hybridized carbons (Fsp3) is 0.357. The van der Waals surface area contributed by atoms with Crippen LogP contribution in [0.15, 0.2) is 6.07 Å². The Labute approximate surface area is 125 Å². The van der Waals surface area contributed by atoms with Crippen LogP contribution in [0.1, 0.15) is 39.6 Å². The van der Waals surface area contributed by atoms with Crippen LogP contribution in [0.4, 0.5) is 5.69 Å². The lowest BCUT2D eigenvalue weighted by molar-refractivity contribution is 0.0519. The van der Waals surface area contributed by atoms with E-state index in [2.05, 4.69) is 4.98 Å². The number of fused-ring (bicyclic) bond motifs is 1. The molecule has 0 aliphatic carbocycles. The molecule has 0 bridgehead atoms. The summed E-state index contributed by atoms with van der Waals surface area (Å²) in [7, 11) is 0. The molecule has 0 aliphatic rings. The molecule has 0 saturated heterocycles. The third-order valence-corrected chi connectivity index (χ3v) is 3.96. The molecule has 6 nitrogen and oxygen atoms in total. The molecule has 2 rings (SSSR count). The van der Waals surface area contributed by atoms with Crippen LogP contribution in [0.2, 0.25) is 0 Å². The molecule has 7 heteroatoms. The summed E-state index contributed by atoms with van der Waals surface area (Å²) in [6, 6.07) is 1.62. The smallest absolute Gasteiger partial charge is 0.350 e. The molecular formula is C14H16N2O4S. The number of carbonyl (C=O) groups is 2. The van der Waals surface area contributed by atoms with Gasteiger partial charge in [0.05, 0.1) is 30.2 Å². The summed E-state index contributed by atoms with van der Waals surface area (Å²) in [5.74, 6) is -0.930. The Morgan fingerprint density at radius 2 is 1.86 bits per heavy atom. The Hall–Kier alpha value is -2.15. The zero-order valence-electron chi connectivity index (χ0n) is 12.1. The van der Waals surface area contributed by atoms with Gasteiger partial charge in [-0.2, -0.15) is 0 Å². The summed E-state index contributed by atoms with van der Waals surface area (Å²) in [4.78, 5) is 28.9. The number of nitrogens with two attached hydrogens (primary N) is 1. The number of anilines is 1. The molecule has 112 valence electrons. The predicted octanol–water partition coefficient (Wildman–Crippen LogP) is 2.54. The van der Waals surface area contributed by atoms with Crippen LogP contribution in [0.5, 0.6) is 0 Å². The van der Waals surface area contributed by atoms with Gasteiger partial charge in [0.1, 0.15) is 9.71 Å². The van der Waals surface area contributed by atoms with E-state index in [4.69, 9.17) is 15.2 Å². The minimum atomic E-state index is -0.478. The third-order valence-electron chi connectivity index (χ3n) is 2.87. The lowest BCUT2D eigenvalue weighted by Gasteiger charge is -2.05. The van der Waals surface area contributed by atoms with Gasteiger partial charge < -0.3 is 15.2 Å². The van der Waals surface area contributed by atoms with Crippen LogP contribution >= 0.6 is 11.3 Å². The summed E-state index contributed by atoms with van der Waals surface area (Å²) in [6.45, 7) is 5.72. The van der Waals surface area contributed by atoms with Gasteiger partial charge in [-0.1, -0.05) is 0 Å². The molecule has 21 heavy (non-hydrogen) atoms. The summed E-state index contributed by atoms with van der Waals surface area (Å²) >= 11 is 1.16. The van der Waals surface area contributed by atoms with Crippen molar-refractivity contribution in [1.82, 2.24) is 4.98 Å². The second kappa shape index (κ2) is 6.09. The highest BCUT2D eigenvalue weighted by atomic mass is 32.1. The van der Waals surface area contributed by atoms with E-state index < -0.39 is 11.9 Å². The highest BCUT2D eigenvalue weighted by Gasteiger charge is 2.21. The fourth-order valence-corrected chi connectivity index (χ4v) is 2.91. The number of pyridine rings is 1. The van der Waals surface area contributed by atoms with Crippen molar-refractivity contribution in [2.24, 2.45) is 0 Å². The molecule has 0 spiro atoms. The molecule has 0 radical (unpaired) electrons. The summed E-state index contributed by atoms with van der Waals surface area (Å²) < 4.78 is 9.94. The number of rotatable bonds is 4. The molecule has 0 fully saturated rings. The summed E-state index contributed by atoms with van der Waals surface area (Å²) in [6.07, 6.45) is 0. The number of hydrogen-bond donors (Lipinski definition) is 1. The van der Waals surface area contributed by atoms with Gasteiger partial charge in [0.15, 0.2) is 0 Å². The van der Waals surface area contributed by atoms with Gasteiger partial charge in [0, 0.05) is 5.39 Å².